The molecule has 1 spiro atoms. The van der Waals surface area contributed by atoms with Crippen LogP contribution in [0.3, 0.4) is 0 Å². The smallest absolute Gasteiger partial charge is 0.255 e. The van der Waals surface area contributed by atoms with E-state index in [9.17, 15) is 14.4 Å². The number of aromatic nitrogens is 3. The van der Waals surface area contributed by atoms with E-state index in [0.717, 1.165) is 18.8 Å². The van der Waals surface area contributed by atoms with E-state index in [1.165, 1.54) is 12.1 Å². The highest BCUT2D eigenvalue weighted by Gasteiger charge is 2.43. The Morgan fingerprint density at radius 2 is 2.09 bits per heavy atom. The van der Waals surface area contributed by atoms with Crippen LogP contribution in [0.15, 0.2) is 36.5 Å². The summed E-state index contributed by atoms with van der Waals surface area (Å²) >= 11 is 0. The summed E-state index contributed by atoms with van der Waals surface area (Å²) in [5.74, 6) is -0.330. The van der Waals surface area contributed by atoms with Gasteiger partial charge >= 0.3 is 0 Å². The average Bonchev–Trinajstić information content (AvgIpc) is 3.60. The van der Waals surface area contributed by atoms with Gasteiger partial charge in [0.15, 0.2) is 11.6 Å². The van der Waals surface area contributed by atoms with Crippen LogP contribution in [0, 0.1) is 23.1 Å². The largest absolute Gasteiger partial charge is 0.350 e. The van der Waals surface area contributed by atoms with E-state index in [4.69, 9.17) is 14.6 Å². The van der Waals surface area contributed by atoms with Crippen LogP contribution in [-0.2, 0) is 16.0 Å². The molecule has 0 saturated carbocycles. The lowest BCUT2D eigenvalue weighted by atomic mass is 10.0. The molecule has 6 rings (SSSR count). The summed E-state index contributed by atoms with van der Waals surface area (Å²) in [5.41, 5.74) is 1.92. The number of rotatable bonds is 3. The normalized spacial score (nSPS) is 23.4. The quantitative estimate of drug-likeness (QED) is 0.622. The third kappa shape index (κ3) is 3.64. The van der Waals surface area contributed by atoms with E-state index in [2.05, 4.69) is 22.1 Å². The maximum Gasteiger partial charge on any atom is 0.255 e. The highest BCUT2D eigenvalue weighted by atomic mass is 19.1. The maximum atomic E-state index is 14.8. The number of pyridine rings is 1. The van der Waals surface area contributed by atoms with Gasteiger partial charge in [-0.2, -0.15) is 10.4 Å². The van der Waals surface area contributed by atoms with Crippen molar-refractivity contribution >= 4 is 11.7 Å². The second-order valence-electron chi connectivity index (χ2n) is 9.23. The summed E-state index contributed by atoms with van der Waals surface area (Å²) < 4.78 is 28.4. The van der Waals surface area contributed by atoms with Gasteiger partial charge in [0.2, 0.25) is 0 Å². The number of carbonyl (C=O) groups is 1. The van der Waals surface area contributed by atoms with Gasteiger partial charge in [-0.05, 0) is 18.2 Å². The molecule has 1 N–H and O–H groups in total. The summed E-state index contributed by atoms with van der Waals surface area (Å²) in [5, 5.41) is 17.0. The summed E-state index contributed by atoms with van der Waals surface area (Å²) in [7, 11) is 0. The summed E-state index contributed by atoms with van der Waals surface area (Å²) in [4.78, 5) is 19.2. The number of amides is 1. The van der Waals surface area contributed by atoms with Gasteiger partial charge in [0.25, 0.3) is 5.91 Å². The molecule has 0 radical (unpaired) electrons. The minimum atomic E-state index is -0.611. The summed E-state index contributed by atoms with van der Waals surface area (Å²) in [6, 6.07) is 9.83. The lowest BCUT2D eigenvalue weighted by molar-refractivity contribution is -0.267. The van der Waals surface area contributed by atoms with Crippen molar-refractivity contribution in [2.24, 2.45) is 5.92 Å². The van der Waals surface area contributed by atoms with Crippen molar-refractivity contribution in [3.8, 4) is 23.0 Å². The molecular weight excluding hydrogens is 451 g/mol. The fourth-order valence-corrected chi connectivity index (χ4v) is 4.88. The summed E-state index contributed by atoms with van der Waals surface area (Å²) in [6.45, 7) is 4.96. The molecule has 5 heterocycles. The molecule has 10 heteroatoms. The van der Waals surface area contributed by atoms with Crippen LogP contribution in [-0.4, -0.2) is 52.8 Å². The van der Waals surface area contributed by atoms with Crippen molar-refractivity contribution in [1.29, 1.82) is 5.26 Å². The highest BCUT2D eigenvalue weighted by Crippen LogP contribution is 2.35. The predicted octanol–water partition coefficient (Wildman–Crippen LogP) is 2.78. The van der Waals surface area contributed by atoms with Crippen LogP contribution in [0.25, 0.3) is 16.9 Å². The molecule has 2 aromatic heterocycles. The number of hydrogen-bond donors (Lipinski definition) is 1. The first-order chi connectivity index (χ1) is 17.0. The van der Waals surface area contributed by atoms with E-state index < -0.39 is 11.6 Å². The second-order valence-corrected chi connectivity index (χ2v) is 9.23. The third-order valence-electron chi connectivity index (χ3n) is 6.71. The monoisotopic (exact) mass is 474 g/mol. The zero-order valence-corrected chi connectivity index (χ0v) is 19.1. The van der Waals surface area contributed by atoms with Gasteiger partial charge in [-0.25, -0.2) is 14.1 Å². The zero-order valence-electron chi connectivity index (χ0n) is 19.1. The Morgan fingerprint density at radius 1 is 1.26 bits per heavy atom. The van der Waals surface area contributed by atoms with Gasteiger partial charge in [0.05, 0.1) is 66.1 Å². The van der Waals surface area contributed by atoms with Crippen LogP contribution >= 0.6 is 0 Å². The molecule has 0 unspecified atom stereocenters. The first-order valence-electron chi connectivity index (χ1n) is 11.6. The molecule has 9 nitrogen and oxygen atoms in total. The van der Waals surface area contributed by atoms with Crippen molar-refractivity contribution in [1.82, 2.24) is 20.1 Å². The van der Waals surface area contributed by atoms with Crippen molar-refractivity contribution in [3.05, 3.63) is 59.2 Å². The Bertz CT molecular complexity index is 1370. The average molecular weight is 474 g/mol. The molecule has 0 aliphatic carbocycles. The molecular formula is C25H23FN6O3. The number of nitriles is 1. The van der Waals surface area contributed by atoms with Gasteiger partial charge in [0, 0.05) is 31.1 Å². The van der Waals surface area contributed by atoms with Gasteiger partial charge in [-0.3, -0.25) is 4.79 Å². The number of benzene rings is 1. The van der Waals surface area contributed by atoms with Gasteiger partial charge in [-0.1, -0.05) is 13.0 Å². The Kier molecular flexibility index (Phi) is 5.05. The highest BCUT2D eigenvalue weighted by molar-refractivity contribution is 6.01. The minimum absolute atomic E-state index is 0.105. The Balaban J connectivity index is 1.37. The Hall–Kier alpha value is -3.81. The fraction of sp³-hybridized carbons (Fsp3) is 0.360. The Labute approximate surface area is 201 Å². The number of nitrogens with one attached hydrogen (secondary N) is 1. The molecule has 1 amide bonds. The number of halogens is 1. The van der Waals surface area contributed by atoms with Crippen molar-refractivity contribution < 1.29 is 18.7 Å². The van der Waals surface area contributed by atoms with Gasteiger partial charge in [0.1, 0.15) is 5.82 Å². The van der Waals surface area contributed by atoms with Crippen LogP contribution in [0.1, 0.15) is 35.0 Å². The molecule has 1 aromatic carbocycles. The number of anilines is 1. The van der Waals surface area contributed by atoms with Crippen molar-refractivity contribution in [3.63, 3.8) is 0 Å². The lowest BCUT2D eigenvalue weighted by Crippen LogP contribution is -2.45. The van der Waals surface area contributed by atoms with Gasteiger partial charge < -0.3 is 19.7 Å². The van der Waals surface area contributed by atoms with Gasteiger partial charge in [-0.15, -0.1) is 0 Å². The zero-order chi connectivity index (χ0) is 24.2. The van der Waals surface area contributed by atoms with Crippen LogP contribution < -0.4 is 10.2 Å². The maximum absolute atomic E-state index is 14.8. The van der Waals surface area contributed by atoms with E-state index >= 15 is 0 Å². The van der Waals surface area contributed by atoms with E-state index in [1.807, 2.05) is 12.1 Å². The van der Waals surface area contributed by atoms with Crippen molar-refractivity contribution in [2.75, 3.05) is 31.2 Å². The number of hydrogen-bond acceptors (Lipinski definition) is 7. The standard InChI is InChI=1S/C25H23FN6O3/c1-15-12-34-25(35-13-15)6-8-31(14-25)21-5-7-32(30-21)20-9-18(29-19-11-28-24(33)23(19)20)22-16(10-27)3-2-4-17(22)26/h2-5,7,9,15H,6,8,11-14H2,1H3,(H,28,33). The molecule has 0 atom stereocenters. The van der Waals surface area contributed by atoms with E-state index in [0.29, 0.717) is 42.6 Å². The molecule has 35 heavy (non-hydrogen) atoms. The minimum Gasteiger partial charge on any atom is -0.350 e. The number of fused-ring (bicyclic) bond motifs is 1. The first-order valence-corrected chi connectivity index (χ1v) is 11.6. The second kappa shape index (κ2) is 8.15. The fourth-order valence-electron chi connectivity index (χ4n) is 4.88. The SMILES string of the molecule is CC1COC2(CCN(c3ccn(-c4cc(-c5c(F)cccc5C#N)nc5c4C(=O)NC5)n3)C2)OC1. The number of ether oxygens (including phenoxy) is 2. The number of carbonyl (C=O) groups excluding carboxylic acids is 1. The van der Waals surface area contributed by atoms with Crippen LogP contribution in [0.4, 0.5) is 10.2 Å². The van der Waals surface area contributed by atoms with Crippen LogP contribution in [0.5, 0.6) is 0 Å². The number of nitrogens with zero attached hydrogens (tertiary/aromatic N) is 5. The van der Waals surface area contributed by atoms with E-state index in [1.54, 1.807) is 23.0 Å². The molecule has 0 bridgehead atoms. The molecule has 2 fully saturated rings. The molecule has 2 saturated heterocycles. The van der Waals surface area contributed by atoms with Crippen LogP contribution in [0.2, 0.25) is 0 Å². The predicted molar refractivity (Wildman–Crippen MR) is 123 cm³/mol. The molecule has 3 aromatic rings. The third-order valence-corrected chi connectivity index (χ3v) is 6.71. The molecule has 178 valence electrons. The van der Waals surface area contributed by atoms with E-state index in [-0.39, 0.29) is 29.3 Å². The summed E-state index contributed by atoms with van der Waals surface area (Å²) in [6.07, 6.45) is 2.51. The first kappa shape index (κ1) is 21.7. The molecule has 3 aliphatic rings. The topological polar surface area (TPSA) is 105 Å². The Morgan fingerprint density at radius 3 is 2.89 bits per heavy atom. The van der Waals surface area contributed by atoms with Crippen molar-refractivity contribution in [2.45, 2.75) is 25.7 Å². The molecule has 3 aliphatic heterocycles. The lowest BCUT2D eigenvalue weighted by Gasteiger charge is -2.36.